The molecule has 21 heavy (non-hydrogen) atoms. The van der Waals surface area contributed by atoms with Crippen molar-refractivity contribution in [3.05, 3.63) is 34.3 Å². The Labute approximate surface area is 135 Å². The highest BCUT2D eigenvalue weighted by Crippen LogP contribution is 2.40. The third-order valence-electron chi connectivity index (χ3n) is 3.53. The van der Waals surface area contributed by atoms with Crippen LogP contribution in [0.1, 0.15) is 31.2 Å². The van der Waals surface area contributed by atoms with Crippen LogP contribution in [-0.2, 0) is 4.74 Å². The van der Waals surface area contributed by atoms with Crippen molar-refractivity contribution in [1.29, 1.82) is 0 Å². The zero-order chi connectivity index (χ0) is 15.1. The maximum absolute atomic E-state index is 5.05. The normalized spacial score (nSPS) is 21.2. The van der Waals surface area contributed by atoms with E-state index in [0.717, 1.165) is 36.5 Å². The first-order chi connectivity index (χ1) is 10.2. The van der Waals surface area contributed by atoms with Gasteiger partial charge in [-0.15, -0.1) is 0 Å². The lowest BCUT2D eigenvalue weighted by atomic mass is 10.1. The molecule has 0 aromatic heterocycles. The third kappa shape index (κ3) is 5.32. The number of methoxy groups -OCH3 is 1. The fourth-order valence-electron chi connectivity index (χ4n) is 2.33. The Morgan fingerprint density at radius 3 is 2.81 bits per heavy atom. The molecule has 116 valence electrons. The number of guanidine groups is 1. The number of aliphatic imine (C=N–C) groups is 1. The lowest BCUT2D eigenvalue weighted by Crippen LogP contribution is -2.39. The lowest BCUT2D eigenvalue weighted by molar-refractivity contribution is 0.197. The first-order valence-corrected chi connectivity index (χ1v) is 8.33. The highest BCUT2D eigenvalue weighted by molar-refractivity contribution is 9.10. The van der Waals surface area contributed by atoms with E-state index in [-0.39, 0.29) is 0 Å². The van der Waals surface area contributed by atoms with Gasteiger partial charge in [-0.1, -0.05) is 28.1 Å². The molecular weight excluding hydrogens is 330 g/mol. The van der Waals surface area contributed by atoms with Gasteiger partial charge in [0.25, 0.3) is 0 Å². The highest BCUT2D eigenvalue weighted by atomic mass is 79.9. The van der Waals surface area contributed by atoms with Crippen molar-refractivity contribution in [2.75, 3.05) is 26.8 Å². The summed E-state index contributed by atoms with van der Waals surface area (Å²) in [6, 6.07) is 9.09. The minimum atomic E-state index is 0.492. The van der Waals surface area contributed by atoms with E-state index in [1.807, 2.05) is 0 Å². The zero-order valence-corrected chi connectivity index (χ0v) is 14.3. The van der Waals surface area contributed by atoms with Gasteiger partial charge < -0.3 is 15.4 Å². The lowest BCUT2D eigenvalue weighted by Gasteiger charge is -2.11. The summed E-state index contributed by atoms with van der Waals surface area (Å²) in [4.78, 5) is 4.58. The van der Waals surface area contributed by atoms with Crippen LogP contribution in [0.2, 0.25) is 0 Å². The van der Waals surface area contributed by atoms with E-state index in [2.05, 4.69) is 62.7 Å². The molecular formula is C16H24BrN3O. The second kappa shape index (κ2) is 8.39. The number of benzene rings is 1. The number of hydrogen-bond acceptors (Lipinski definition) is 2. The molecule has 0 saturated heterocycles. The van der Waals surface area contributed by atoms with Crippen LogP contribution < -0.4 is 10.6 Å². The molecule has 0 amide bonds. The Balaban J connectivity index is 1.83. The number of nitrogens with one attached hydrogen (secondary N) is 2. The van der Waals surface area contributed by atoms with E-state index in [4.69, 9.17) is 4.74 Å². The van der Waals surface area contributed by atoms with Crippen LogP contribution in [-0.4, -0.2) is 38.8 Å². The maximum atomic E-state index is 5.05. The predicted molar refractivity (Wildman–Crippen MR) is 90.9 cm³/mol. The molecule has 0 radical (unpaired) electrons. The Bertz CT molecular complexity index is 461. The molecule has 0 aliphatic heterocycles. The molecule has 0 spiro atoms. The average molecular weight is 354 g/mol. The Morgan fingerprint density at radius 1 is 1.38 bits per heavy atom. The number of halogens is 1. The third-order valence-corrected chi connectivity index (χ3v) is 4.06. The number of nitrogens with zero attached hydrogens (tertiary/aromatic N) is 1. The fraction of sp³-hybridized carbons (Fsp3) is 0.562. The number of ether oxygens (including phenoxy) is 1. The van der Waals surface area contributed by atoms with Gasteiger partial charge in [0.05, 0.1) is 0 Å². The Morgan fingerprint density at radius 2 is 2.14 bits per heavy atom. The number of hydrogen-bond donors (Lipinski definition) is 2. The molecule has 2 atom stereocenters. The number of rotatable bonds is 7. The van der Waals surface area contributed by atoms with Crippen LogP contribution in [0.15, 0.2) is 33.7 Å². The van der Waals surface area contributed by atoms with Crippen LogP contribution in [0.5, 0.6) is 0 Å². The van der Waals surface area contributed by atoms with E-state index in [1.165, 1.54) is 12.0 Å². The van der Waals surface area contributed by atoms with Gasteiger partial charge in [-0.3, -0.25) is 4.99 Å². The summed E-state index contributed by atoms with van der Waals surface area (Å²) in [6.45, 7) is 4.52. The van der Waals surface area contributed by atoms with Crippen molar-refractivity contribution in [3.8, 4) is 0 Å². The zero-order valence-electron chi connectivity index (χ0n) is 12.7. The molecule has 2 unspecified atom stereocenters. The smallest absolute Gasteiger partial charge is 0.191 e. The van der Waals surface area contributed by atoms with E-state index >= 15 is 0 Å². The van der Waals surface area contributed by atoms with Gasteiger partial charge >= 0.3 is 0 Å². The molecule has 5 heteroatoms. The summed E-state index contributed by atoms with van der Waals surface area (Å²) in [5, 5.41) is 6.82. The van der Waals surface area contributed by atoms with Crippen molar-refractivity contribution in [2.45, 2.75) is 31.7 Å². The fourth-order valence-corrected chi connectivity index (χ4v) is 2.59. The van der Waals surface area contributed by atoms with Crippen molar-refractivity contribution < 1.29 is 4.74 Å². The van der Waals surface area contributed by atoms with Gasteiger partial charge in [0.2, 0.25) is 0 Å². The molecule has 1 fully saturated rings. The molecule has 1 aromatic rings. The van der Waals surface area contributed by atoms with E-state index in [0.29, 0.717) is 12.0 Å². The molecule has 2 N–H and O–H groups in total. The molecule has 1 aromatic carbocycles. The van der Waals surface area contributed by atoms with Crippen molar-refractivity contribution in [3.63, 3.8) is 0 Å². The van der Waals surface area contributed by atoms with E-state index < -0.39 is 0 Å². The summed E-state index contributed by atoms with van der Waals surface area (Å²) in [6.07, 6.45) is 2.12. The highest BCUT2D eigenvalue weighted by Gasteiger charge is 2.38. The van der Waals surface area contributed by atoms with Crippen molar-refractivity contribution >= 4 is 21.9 Å². The summed E-state index contributed by atoms with van der Waals surface area (Å²) >= 11 is 3.48. The second-order valence-corrected chi connectivity index (χ2v) is 6.17. The average Bonchev–Trinajstić information content (AvgIpc) is 3.24. The molecule has 2 rings (SSSR count). The quantitative estimate of drug-likeness (QED) is 0.450. The molecule has 0 heterocycles. The molecule has 1 saturated carbocycles. The molecule has 4 nitrogen and oxygen atoms in total. The monoisotopic (exact) mass is 353 g/mol. The molecule has 1 aliphatic carbocycles. The molecule has 0 bridgehead atoms. The van der Waals surface area contributed by atoms with Gasteiger partial charge in [-0.2, -0.15) is 0 Å². The Kier molecular flexibility index (Phi) is 6.51. The largest absolute Gasteiger partial charge is 0.385 e. The van der Waals surface area contributed by atoms with E-state index in [9.17, 15) is 0 Å². The van der Waals surface area contributed by atoms with Crippen LogP contribution in [0, 0.1) is 0 Å². The van der Waals surface area contributed by atoms with Crippen LogP contribution in [0.3, 0.4) is 0 Å². The van der Waals surface area contributed by atoms with Crippen LogP contribution >= 0.6 is 15.9 Å². The van der Waals surface area contributed by atoms with E-state index in [1.54, 1.807) is 7.11 Å². The summed E-state index contributed by atoms with van der Waals surface area (Å²) in [5.41, 5.74) is 1.39. The Hall–Kier alpha value is -1.07. The van der Waals surface area contributed by atoms with Crippen molar-refractivity contribution in [1.82, 2.24) is 10.6 Å². The summed E-state index contributed by atoms with van der Waals surface area (Å²) in [7, 11) is 1.72. The summed E-state index contributed by atoms with van der Waals surface area (Å²) < 4.78 is 6.18. The topological polar surface area (TPSA) is 45.7 Å². The van der Waals surface area contributed by atoms with Gasteiger partial charge in [-0.25, -0.2) is 0 Å². The maximum Gasteiger partial charge on any atom is 0.191 e. The first kappa shape index (κ1) is 16.3. The second-order valence-electron chi connectivity index (χ2n) is 5.25. The van der Waals surface area contributed by atoms with Gasteiger partial charge in [0, 0.05) is 43.2 Å². The van der Waals surface area contributed by atoms with Crippen molar-refractivity contribution in [2.24, 2.45) is 4.99 Å². The minimum absolute atomic E-state index is 0.492. The first-order valence-electron chi connectivity index (χ1n) is 7.53. The van der Waals surface area contributed by atoms with Gasteiger partial charge in [0.1, 0.15) is 0 Å². The minimum Gasteiger partial charge on any atom is -0.385 e. The SMILES string of the molecule is CCNC(=NCCCOC)NC1CC1c1ccc(Br)cc1. The van der Waals surface area contributed by atoms with Gasteiger partial charge in [0.15, 0.2) is 5.96 Å². The molecule has 1 aliphatic rings. The van der Waals surface area contributed by atoms with Crippen LogP contribution in [0.4, 0.5) is 0 Å². The van der Waals surface area contributed by atoms with Gasteiger partial charge in [-0.05, 0) is 37.5 Å². The predicted octanol–water partition coefficient (Wildman–Crippen LogP) is 2.90. The standard InChI is InChI=1S/C16H24BrN3O/c1-3-18-16(19-9-4-10-21-2)20-15-11-14(15)12-5-7-13(17)8-6-12/h5-8,14-15H,3-4,9-11H2,1-2H3,(H2,18,19,20). The van der Waals surface area contributed by atoms with Crippen LogP contribution in [0.25, 0.3) is 0 Å². The summed E-state index contributed by atoms with van der Waals surface area (Å²) in [5.74, 6) is 1.51.